The van der Waals surface area contributed by atoms with Crippen molar-refractivity contribution in [1.29, 1.82) is 0 Å². The number of nitrogens with one attached hydrogen (secondary N) is 1. The molecule has 0 aliphatic rings. The topological polar surface area (TPSA) is 98.7 Å². The standard InChI is InChI=1S/C10H11ClN6O/c1-17-5-6(2-15-17)7-3-14-10(11)16-9(7)13-4-8(12)18/h2-3,5H,4H2,1H3,(H2,12,18)(H,13,14,16). The zero-order valence-electron chi connectivity index (χ0n) is 9.59. The molecule has 2 heterocycles. The van der Waals surface area contributed by atoms with Gasteiger partial charge in [0.1, 0.15) is 5.82 Å². The van der Waals surface area contributed by atoms with Crippen LogP contribution in [0.2, 0.25) is 5.28 Å². The summed E-state index contributed by atoms with van der Waals surface area (Å²) in [7, 11) is 1.80. The fourth-order valence-corrected chi connectivity index (χ4v) is 1.57. The Kier molecular flexibility index (Phi) is 3.42. The second-order valence-electron chi connectivity index (χ2n) is 3.62. The lowest BCUT2D eigenvalue weighted by Gasteiger charge is -2.08. The molecule has 3 N–H and O–H groups in total. The third kappa shape index (κ3) is 2.75. The Morgan fingerprint density at radius 1 is 1.56 bits per heavy atom. The van der Waals surface area contributed by atoms with Crippen molar-refractivity contribution in [2.24, 2.45) is 12.8 Å². The summed E-state index contributed by atoms with van der Waals surface area (Å²) < 4.78 is 1.65. The molecule has 7 nitrogen and oxygen atoms in total. The van der Waals surface area contributed by atoms with E-state index in [4.69, 9.17) is 17.3 Å². The lowest BCUT2D eigenvalue weighted by molar-refractivity contribution is -0.116. The maximum absolute atomic E-state index is 10.8. The summed E-state index contributed by atoms with van der Waals surface area (Å²) in [5.41, 5.74) is 6.60. The molecule has 0 radical (unpaired) electrons. The van der Waals surface area contributed by atoms with Gasteiger partial charge in [-0.2, -0.15) is 5.10 Å². The van der Waals surface area contributed by atoms with E-state index in [1.165, 1.54) is 0 Å². The van der Waals surface area contributed by atoms with Crippen LogP contribution in [0.1, 0.15) is 0 Å². The molecule has 0 spiro atoms. The normalized spacial score (nSPS) is 10.3. The number of hydrogen-bond acceptors (Lipinski definition) is 5. The number of halogens is 1. The van der Waals surface area contributed by atoms with Gasteiger partial charge in [-0.3, -0.25) is 9.48 Å². The van der Waals surface area contributed by atoms with Crippen LogP contribution in [0, 0.1) is 0 Å². The highest BCUT2D eigenvalue weighted by Crippen LogP contribution is 2.25. The van der Waals surface area contributed by atoms with E-state index in [1.807, 2.05) is 6.20 Å². The second kappa shape index (κ2) is 5.01. The molecule has 0 aliphatic carbocycles. The number of amides is 1. The van der Waals surface area contributed by atoms with Gasteiger partial charge in [-0.25, -0.2) is 9.97 Å². The van der Waals surface area contributed by atoms with Crippen LogP contribution in [-0.4, -0.2) is 32.2 Å². The minimum Gasteiger partial charge on any atom is -0.368 e. The quantitative estimate of drug-likeness (QED) is 0.782. The molecule has 2 aromatic rings. The second-order valence-corrected chi connectivity index (χ2v) is 3.96. The Morgan fingerprint density at radius 2 is 2.33 bits per heavy atom. The SMILES string of the molecule is Cn1cc(-c2cnc(Cl)nc2NCC(N)=O)cn1. The van der Waals surface area contributed by atoms with Crippen LogP contribution < -0.4 is 11.1 Å². The minimum absolute atomic E-state index is 0.0272. The minimum atomic E-state index is -0.484. The monoisotopic (exact) mass is 266 g/mol. The van der Waals surface area contributed by atoms with E-state index in [0.717, 1.165) is 5.56 Å². The Bertz CT molecular complexity index is 581. The predicted octanol–water partition coefficient (Wildman–Crippen LogP) is 0.428. The van der Waals surface area contributed by atoms with E-state index < -0.39 is 5.91 Å². The predicted molar refractivity (Wildman–Crippen MR) is 66.9 cm³/mol. The van der Waals surface area contributed by atoms with Crippen molar-refractivity contribution in [2.75, 3.05) is 11.9 Å². The fraction of sp³-hybridized carbons (Fsp3) is 0.200. The zero-order chi connectivity index (χ0) is 13.1. The molecule has 0 bridgehead atoms. The van der Waals surface area contributed by atoms with Crippen molar-refractivity contribution in [3.8, 4) is 11.1 Å². The number of primary amides is 1. The van der Waals surface area contributed by atoms with Crippen molar-refractivity contribution in [3.05, 3.63) is 23.9 Å². The maximum atomic E-state index is 10.8. The summed E-state index contributed by atoms with van der Waals surface area (Å²) in [5, 5.41) is 6.97. The Hall–Kier alpha value is -2.15. The molecule has 0 unspecified atom stereocenters. The number of carbonyl (C=O) groups is 1. The van der Waals surface area contributed by atoms with E-state index in [1.54, 1.807) is 24.1 Å². The molecular weight excluding hydrogens is 256 g/mol. The van der Waals surface area contributed by atoms with Gasteiger partial charge in [0, 0.05) is 30.6 Å². The average molecular weight is 267 g/mol. The lowest BCUT2D eigenvalue weighted by atomic mass is 10.2. The summed E-state index contributed by atoms with van der Waals surface area (Å²) in [4.78, 5) is 18.7. The van der Waals surface area contributed by atoms with E-state index in [9.17, 15) is 4.79 Å². The number of carbonyl (C=O) groups excluding carboxylic acids is 1. The molecule has 2 aromatic heterocycles. The maximum Gasteiger partial charge on any atom is 0.236 e. The Morgan fingerprint density at radius 3 is 2.94 bits per heavy atom. The van der Waals surface area contributed by atoms with Gasteiger partial charge in [0.05, 0.1) is 12.7 Å². The number of nitrogens with zero attached hydrogens (tertiary/aromatic N) is 4. The molecule has 0 atom stereocenters. The number of hydrogen-bond donors (Lipinski definition) is 2. The van der Waals surface area contributed by atoms with Gasteiger partial charge in [0.25, 0.3) is 0 Å². The summed E-state index contributed by atoms with van der Waals surface area (Å²) in [5.74, 6) is -0.0383. The van der Waals surface area contributed by atoms with Gasteiger partial charge in [0.15, 0.2) is 0 Å². The van der Waals surface area contributed by atoms with Crippen molar-refractivity contribution in [1.82, 2.24) is 19.7 Å². The van der Waals surface area contributed by atoms with E-state index in [2.05, 4.69) is 20.4 Å². The van der Waals surface area contributed by atoms with Crippen LogP contribution >= 0.6 is 11.6 Å². The van der Waals surface area contributed by atoms with Crippen LogP contribution in [-0.2, 0) is 11.8 Å². The van der Waals surface area contributed by atoms with Gasteiger partial charge >= 0.3 is 0 Å². The van der Waals surface area contributed by atoms with Crippen LogP contribution in [0.4, 0.5) is 5.82 Å². The highest BCUT2D eigenvalue weighted by Gasteiger charge is 2.10. The molecule has 0 aromatic carbocycles. The molecule has 1 amide bonds. The largest absolute Gasteiger partial charge is 0.368 e. The molecule has 0 saturated heterocycles. The number of nitrogens with two attached hydrogens (primary N) is 1. The molecule has 8 heteroatoms. The van der Waals surface area contributed by atoms with Crippen LogP contribution in [0.25, 0.3) is 11.1 Å². The third-order valence-corrected chi connectivity index (χ3v) is 2.39. The van der Waals surface area contributed by atoms with Gasteiger partial charge in [-0.05, 0) is 11.6 Å². The summed E-state index contributed by atoms with van der Waals surface area (Å²) in [6.45, 7) is -0.0272. The number of rotatable bonds is 4. The first-order valence-electron chi connectivity index (χ1n) is 5.10. The van der Waals surface area contributed by atoms with Crippen LogP contribution in [0.5, 0.6) is 0 Å². The van der Waals surface area contributed by atoms with Crippen LogP contribution in [0.15, 0.2) is 18.6 Å². The van der Waals surface area contributed by atoms with Crippen molar-refractivity contribution in [2.45, 2.75) is 0 Å². The van der Waals surface area contributed by atoms with Gasteiger partial charge < -0.3 is 11.1 Å². The summed E-state index contributed by atoms with van der Waals surface area (Å²) in [6, 6.07) is 0. The van der Waals surface area contributed by atoms with Gasteiger partial charge in [-0.15, -0.1) is 0 Å². The zero-order valence-corrected chi connectivity index (χ0v) is 10.3. The van der Waals surface area contributed by atoms with Gasteiger partial charge in [0.2, 0.25) is 11.2 Å². The molecule has 18 heavy (non-hydrogen) atoms. The van der Waals surface area contributed by atoms with Crippen LogP contribution in [0.3, 0.4) is 0 Å². The average Bonchev–Trinajstić information content (AvgIpc) is 2.73. The first-order valence-corrected chi connectivity index (χ1v) is 5.48. The lowest BCUT2D eigenvalue weighted by Crippen LogP contribution is -2.22. The van der Waals surface area contributed by atoms with E-state index in [0.29, 0.717) is 11.4 Å². The highest BCUT2D eigenvalue weighted by atomic mass is 35.5. The Labute approximate surface area is 108 Å². The first-order chi connectivity index (χ1) is 8.56. The molecule has 94 valence electrons. The smallest absolute Gasteiger partial charge is 0.236 e. The van der Waals surface area contributed by atoms with E-state index in [-0.39, 0.29) is 11.8 Å². The van der Waals surface area contributed by atoms with E-state index >= 15 is 0 Å². The third-order valence-electron chi connectivity index (χ3n) is 2.21. The number of aromatic nitrogens is 4. The summed E-state index contributed by atoms with van der Waals surface area (Å²) >= 11 is 5.73. The molecule has 0 fully saturated rings. The van der Waals surface area contributed by atoms with Crippen molar-refractivity contribution in [3.63, 3.8) is 0 Å². The Balaban J connectivity index is 2.37. The molecule has 0 saturated carbocycles. The molecular formula is C10H11ClN6O. The summed E-state index contributed by atoms with van der Waals surface area (Å²) in [6.07, 6.45) is 5.04. The highest BCUT2D eigenvalue weighted by molar-refractivity contribution is 6.28. The van der Waals surface area contributed by atoms with Gasteiger partial charge in [-0.1, -0.05) is 0 Å². The first kappa shape index (κ1) is 12.3. The number of aryl methyl sites for hydroxylation is 1. The van der Waals surface area contributed by atoms with Crippen molar-refractivity contribution < 1.29 is 4.79 Å². The fourth-order valence-electron chi connectivity index (χ4n) is 1.44. The molecule has 2 rings (SSSR count). The van der Waals surface area contributed by atoms with Crippen molar-refractivity contribution >= 4 is 23.3 Å². The molecule has 0 aliphatic heterocycles. The number of anilines is 1.